The Hall–Kier alpha value is 0.0500. The molecule has 1 rings (SSSR count). The van der Waals surface area contributed by atoms with Gasteiger partial charge >= 0.3 is 0 Å². The Morgan fingerprint density at radius 3 is 2.78 bits per heavy atom. The van der Waals surface area contributed by atoms with Crippen LogP contribution in [0.2, 0.25) is 0 Å². The fraction of sp³-hybridized carbons (Fsp3) is 0.875. The second-order valence-electron chi connectivity index (χ2n) is 5.46. The van der Waals surface area contributed by atoms with Crippen molar-refractivity contribution in [1.82, 2.24) is 5.32 Å². The predicted molar refractivity (Wildman–Crippen MR) is 85.5 cm³/mol. The van der Waals surface area contributed by atoms with Crippen molar-refractivity contribution >= 4 is 11.8 Å². The minimum atomic E-state index is 0.719. The molecule has 0 spiro atoms. The van der Waals surface area contributed by atoms with E-state index in [1.807, 2.05) is 6.08 Å². The van der Waals surface area contributed by atoms with Crippen LogP contribution in [0.1, 0.15) is 64.7 Å². The molecule has 1 aliphatic rings. The zero-order valence-electron chi connectivity index (χ0n) is 12.1. The fourth-order valence-corrected chi connectivity index (χ4v) is 4.04. The molecule has 1 atom stereocenters. The summed E-state index contributed by atoms with van der Waals surface area (Å²) in [5.74, 6) is 1.31. The van der Waals surface area contributed by atoms with Crippen LogP contribution in [0.25, 0.3) is 0 Å². The van der Waals surface area contributed by atoms with Crippen LogP contribution >= 0.6 is 11.8 Å². The van der Waals surface area contributed by atoms with Crippen LogP contribution in [0.4, 0.5) is 0 Å². The Balaban J connectivity index is 2.18. The summed E-state index contributed by atoms with van der Waals surface area (Å²) in [6.45, 7) is 7.24. The molecule has 1 nitrogen and oxygen atoms in total. The Kier molecular flexibility index (Phi) is 9.78. The second kappa shape index (κ2) is 10.9. The van der Waals surface area contributed by atoms with Crippen molar-refractivity contribution in [2.75, 3.05) is 12.3 Å². The lowest BCUT2D eigenvalue weighted by atomic mass is 10.0. The van der Waals surface area contributed by atoms with Gasteiger partial charge in [-0.15, -0.1) is 6.58 Å². The van der Waals surface area contributed by atoms with Gasteiger partial charge in [-0.3, -0.25) is 0 Å². The Labute approximate surface area is 118 Å². The summed E-state index contributed by atoms with van der Waals surface area (Å²) >= 11 is 2.23. The van der Waals surface area contributed by atoms with Crippen LogP contribution in [0.3, 0.4) is 0 Å². The standard InChI is InChI=1S/C16H31NS/c1-3-5-7-10-15(17-13-4-2)14-18-16-11-8-6-9-12-16/h3,15-17H,1,4-14H2,2H3. The van der Waals surface area contributed by atoms with Crippen LogP contribution in [0.15, 0.2) is 12.7 Å². The highest BCUT2D eigenvalue weighted by atomic mass is 32.2. The molecule has 106 valence electrons. The maximum atomic E-state index is 3.81. The van der Waals surface area contributed by atoms with E-state index in [2.05, 4.69) is 30.6 Å². The van der Waals surface area contributed by atoms with Crippen molar-refractivity contribution < 1.29 is 0 Å². The van der Waals surface area contributed by atoms with Crippen molar-refractivity contribution in [3.05, 3.63) is 12.7 Å². The first-order valence-electron chi connectivity index (χ1n) is 7.82. The summed E-state index contributed by atoms with van der Waals surface area (Å²) in [5, 5.41) is 4.66. The lowest BCUT2D eigenvalue weighted by Crippen LogP contribution is -2.32. The molecule has 0 aliphatic heterocycles. The molecule has 0 aromatic rings. The summed E-state index contributed by atoms with van der Waals surface area (Å²) < 4.78 is 0. The predicted octanol–water partition coefficient (Wildman–Crippen LogP) is 4.78. The summed E-state index contributed by atoms with van der Waals surface area (Å²) in [5.41, 5.74) is 0. The third-order valence-electron chi connectivity index (χ3n) is 3.73. The van der Waals surface area contributed by atoms with Gasteiger partial charge in [0.15, 0.2) is 0 Å². The lowest BCUT2D eigenvalue weighted by Gasteiger charge is -2.24. The van der Waals surface area contributed by atoms with Gasteiger partial charge in [0.25, 0.3) is 0 Å². The molecule has 0 bridgehead atoms. The van der Waals surface area contributed by atoms with Crippen LogP contribution < -0.4 is 5.32 Å². The topological polar surface area (TPSA) is 12.0 Å². The highest BCUT2D eigenvalue weighted by Gasteiger charge is 2.16. The number of hydrogen-bond donors (Lipinski definition) is 1. The first-order chi connectivity index (χ1) is 8.86. The van der Waals surface area contributed by atoms with Gasteiger partial charge in [-0.2, -0.15) is 11.8 Å². The number of thioether (sulfide) groups is 1. The van der Waals surface area contributed by atoms with Crippen molar-refractivity contribution in [2.45, 2.75) is 76.0 Å². The number of hydrogen-bond acceptors (Lipinski definition) is 2. The van der Waals surface area contributed by atoms with Gasteiger partial charge in [0.05, 0.1) is 0 Å². The van der Waals surface area contributed by atoms with E-state index in [1.54, 1.807) is 0 Å². The van der Waals surface area contributed by atoms with Crippen LogP contribution in [-0.2, 0) is 0 Å². The molecule has 0 heterocycles. The van der Waals surface area contributed by atoms with E-state index in [0.29, 0.717) is 0 Å². The first kappa shape index (κ1) is 16.1. The smallest absolute Gasteiger partial charge is 0.0158 e. The number of allylic oxidation sites excluding steroid dienone is 1. The van der Waals surface area contributed by atoms with Gasteiger partial charge in [0.2, 0.25) is 0 Å². The van der Waals surface area contributed by atoms with Crippen LogP contribution in [0.5, 0.6) is 0 Å². The van der Waals surface area contributed by atoms with E-state index >= 15 is 0 Å². The molecule has 1 N–H and O–H groups in total. The Morgan fingerprint density at radius 2 is 2.11 bits per heavy atom. The van der Waals surface area contributed by atoms with Gasteiger partial charge in [-0.1, -0.05) is 32.3 Å². The third kappa shape index (κ3) is 7.48. The van der Waals surface area contributed by atoms with Crippen LogP contribution in [-0.4, -0.2) is 23.6 Å². The van der Waals surface area contributed by atoms with E-state index in [0.717, 1.165) is 11.3 Å². The van der Waals surface area contributed by atoms with Crippen molar-refractivity contribution in [2.24, 2.45) is 0 Å². The zero-order chi connectivity index (χ0) is 13.1. The molecule has 0 amide bonds. The summed E-state index contributed by atoms with van der Waals surface area (Å²) in [7, 11) is 0. The van der Waals surface area contributed by atoms with Gasteiger partial charge < -0.3 is 5.32 Å². The first-order valence-corrected chi connectivity index (χ1v) is 8.87. The molecular formula is C16H31NS. The van der Waals surface area contributed by atoms with E-state index in [-0.39, 0.29) is 0 Å². The maximum Gasteiger partial charge on any atom is 0.0158 e. The van der Waals surface area contributed by atoms with Crippen molar-refractivity contribution in [3.8, 4) is 0 Å². The normalized spacial score (nSPS) is 18.7. The monoisotopic (exact) mass is 269 g/mol. The van der Waals surface area contributed by atoms with E-state index in [4.69, 9.17) is 0 Å². The Bertz CT molecular complexity index is 199. The van der Waals surface area contributed by atoms with E-state index in [9.17, 15) is 0 Å². The Morgan fingerprint density at radius 1 is 1.33 bits per heavy atom. The van der Waals surface area contributed by atoms with Gasteiger partial charge in [0, 0.05) is 17.0 Å². The number of unbranched alkanes of at least 4 members (excludes halogenated alkanes) is 1. The van der Waals surface area contributed by atoms with Crippen LogP contribution in [0, 0.1) is 0 Å². The largest absolute Gasteiger partial charge is 0.313 e. The molecule has 0 saturated heterocycles. The lowest BCUT2D eigenvalue weighted by molar-refractivity contribution is 0.497. The second-order valence-corrected chi connectivity index (χ2v) is 6.80. The number of rotatable bonds is 10. The average molecular weight is 269 g/mol. The van der Waals surface area contributed by atoms with Gasteiger partial charge in [0.1, 0.15) is 0 Å². The zero-order valence-corrected chi connectivity index (χ0v) is 12.9. The van der Waals surface area contributed by atoms with Crippen molar-refractivity contribution in [3.63, 3.8) is 0 Å². The maximum absolute atomic E-state index is 3.81. The number of nitrogens with one attached hydrogen (secondary N) is 1. The SMILES string of the molecule is C=CCCCC(CSC1CCCCC1)NCCC. The van der Waals surface area contributed by atoms with E-state index in [1.165, 1.54) is 70.1 Å². The molecule has 0 aromatic heterocycles. The van der Waals surface area contributed by atoms with Crippen molar-refractivity contribution in [1.29, 1.82) is 0 Å². The summed E-state index contributed by atoms with van der Waals surface area (Å²) in [4.78, 5) is 0. The summed E-state index contributed by atoms with van der Waals surface area (Å²) in [6.07, 6.45) is 14.4. The molecule has 0 radical (unpaired) electrons. The molecule has 0 aromatic carbocycles. The molecule has 1 unspecified atom stereocenters. The summed E-state index contributed by atoms with van der Waals surface area (Å²) in [6, 6.07) is 0.719. The van der Waals surface area contributed by atoms with Gasteiger partial charge in [-0.05, 0) is 45.1 Å². The van der Waals surface area contributed by atoms with Gasteiger partial charge in [-0.25, -0.2) is 0 Å². The minimum absolute atomic E-state index is 0.719. The molecule has 18 heavy (non-hydrogen) atoms. The molecular weight excluding hydrogens is 238 g/mol. The molecule has 1 aliphatic carbocycles. The molecule has 2 heteroatoms. The average Bonchev–Trinajstić information content (AvgIpc) is 2.42. The molecule has 1 saturated carbocycles. The minimum Gasteiger partial charge on any atom is -0.313 e. The fourth-order valence-electron chi connectivity index (χ4n) is 2.59. The quantitative estimate of drug-likeness (QED) is 0.452. The highest BCUT2D eigenvalue weighted by molar-refractivity contribution is 7.99. The van der Waals surface area contributed by atoms with E-state index < -0.39 is 0 Å². The molecule has 1 fully saturated rings. The third-order valence-corrected chi connectivity index (χ3v) is 5.27. The highest BCUT2D eigenvalue weighted by Crippen LogP contribution is 2.29.